The van der Waals surface area contributed by atoms with Gasteiger partial charge in [-0.25, -0.2) is 15.1 Å². The monoisotopic (exact) mass is 263 g/mol. The first kappa shape index (κ1) is 12.3. The van der Waals surface area contributed by atoms with Gasteiger partial charge < -0.3 is 0 Å². The molecular formula is C11H10ClN5O. The van der Waals surface area contributed by atoms with Crippen LogP contribution in [0.4, 0.5) is 0 Å². The Morgan fingerprint density at radius 1 is 1.44 bits per heavy atom. The normalized spacial score (nSPS) is 10.7. The molecular weight excluding hydrogens is 254 g/mol. The number of hydrogen-bond acceptors (Lipinski definition) is 4. The Morgan fingerprint density at radius 3 is 2.89 bits per heavy atom. The van der Waals surface area contributed by atoms with E-state index in [9.17, 15) is 4.79 Å². The van der Waals surface area contributed by atoms with Gasteiger partial charge in [-0.05, 0) is 17.7 Å². The molecule has 0 unspecified atom stereocenters. The molecule has 0 aliphatic heterocycles. The maximum Gasteiger partial charge on any atom is 0.261 e. The Labute approximate surface area is 108 Å². The molecule has 0 aliphatic carbocycles. The number of benzene rings is 1. The van der Waals surface area contributed by atoms with E-state index in [-0.39, 0.29) is 12.5 Å². The van der Waals surface area contributed by atoms with Gasteiger partial charge in [-0.15, -0.1) is 0 Å². The summed E-state index contributed by atoms with van der Waals surface area (Å²) >= 11 is 5.75. The second-order valence-corrected chi connectivity index (χ2v) is 3.87. The summed E-state index contributed by atoms with van der Waals surface area (Å²) < 4.78 is 1.41. The fraction of sp³-hybridized carbons (Fsp3) is 0.0909. The van der Waals surface area contributed by atoms with Gasteiger partial charge in [-0.2, -0.15) is 10.2 Å². The van der Waals surface area contributed by atoms with E-state index >= 15 is 0 Å². The number of carbonyl (C=O) groups is 1. The molecule has 1 aromatic heterocycles. The van der Waals surface area contributed by atoms with Crippen LogP contribution in [0.15, 0.2) is 42.0 Å². The van der Waals surface area contributed by atoms with Crippen LogP contribution in [0, 0.1) is 0 Å². The van der Waals surface area contributed by atoms with Crippen LogP contribution in [0.5, 0.6) is 0 Å². The minimum atomic E-state index is -0.272. The molecule has 0 atom stereocenters. The number of nitrogens with zero attached hydrogens (tertiary/aromatic N) is 4. The van der Waals surface area contributed by atoms with Crippen molar-refractivity contribution in [1.82, 2.24) is 20.2 Å². The molecule has 2 rings (SSSR count). The van der Waals surface area contributed by atoms with Gasteiger partial charge in [0.25, 0.3) is 5.91 Å². The largest absolute Gasteiger partial charge is 0.271 e. The first-order valence-electron chi connectivity index (χ1n) is 5.14. The van der Waals surface area contributed by atoms with Gasteiger partial charge >= 0.3 is 0 Å². The van der Waals surface area contributed by atoms with Gasteiger partial charge in [0.05, 0.1) is 6.21 Å². The molecule has 1 amide bonds. The molecule has 0 spiro atoms. The summed E-state index contributed by atoms with van der Waals surface area (Å²) in [5.74, 6) is -0.272. The Morgan fingerprint density at radius 2 is 2.22 bits per heavy atom. The van der Waals surface area contributed by atoms with Crippen molar-refractivity contribution in [2.24, 2.45) is 5.10 Å². The van der Waals surface area contributed by atoms with E-state index in [2.05, 4.69) is 20.6 Å². The molecule has 92 valence electrons. The fourth-order valence-corrected chi connectivity index (χ4v) is 1.35. The van der Waals surface area contributed by atoms with Crippen molar-refractivity contribution in [1.29, 1.82) is 0 Å². The van der Waals surface area contributed by atoms with Crippen LogP contribution in [-0.2, 0) is 11.3 Å². The van der Waals surface area contributed by atoms with Crippen LogP contribution in [0.3, 0.4) is 0 Å². The zero-order valence-electron chi connectivity index (χ0n) is 9.32. The third kappa shape index (κ3) is 3.67. The van der Waals surface area contributed by atoms with Gasteiger partial charge in [-0.3, -0.25) is 4.79 Å². The second-order valence-electron chi connectivity index (χ2n) is 3.44. The molecule has 1 heterocycles. The lowest BCUT2D eigenvalue weighted by molar-refractivity contribution is -0.121. The SMILES string of the molecule is O=C(Cn1cncn1)NN=Cc1ccc(Cl)cc1. The summed E-state index contributed by atoms with van der Waals surface area (Å²) in [7, 11) is 0. The van der Waals surface area contributed by atoms with Crippen molar-refractivity contribution >= 4 is 23.7 Å². The molecule has 0 radical (unpaired) electrons. The number of nitrogens with one attached hydrogen (secondary N) is 1. The van der Waals surface area contributed by atoms with E-state index in [0.717, 1.165) is 5.56 Å². The molecule has 0 fully saturated rings. The lowest BCUT2D eigenvalue weighted by Crippen LogP contribution is -2.23. The lowest BCUT2D eigenvalue weighted by Gasteiger charge is -1.99. The van der Waals surface area contributed by atoms with E-state index in [0.29, 0.717) is 5.02 Å². The maximum absolute atomic E-state index is 11.4. The van der Waals surface area contributed by atoms with E-state index in [1.165, 1.54) is 23.6 Å². The number of aromatic nitrogens is 3. The van der Waals surface area contributed by atoms with Crippen LogP contribution in [0.2, 0.25) is 5.02 Å². The van der Waals surface area contributed by atoms with Crippen molar-refractivity contribution in [3.8, 4) is 0 Å². The Hall–Kier alpha value is -2.21. The van der Waals surface area contributed by atoms with Crippen LogP contribution in [0.1, 0.15) is 5.56 Å². The molecule has 0 saturated carbocycles. The molecule has 7 heteroatoms. The van der Waals surface area contributed by atoms with Gasteiger partial charge in [-0.1, -0.05) is 23.7 Å². The highest BCUT2D eigenvalue weighted by Crippen LogP contribution is 2.07. The van der Waals surface area contributed by atoms with Gasteiger partial charge in [0, 0.05) is 5.02 Å². The second kappa shape index (κ2) is 5.92. The summed E-state index contributed by atoms with van der Waals surface area (Å²) in [6, 6.07) is 7.10. The average Bonchev–Trinajstić information content (AvgIpc) is 2.84. The van der Waals surface area contributed by atoms with Crippen LogP contribution < -0.4 is 5.43 Å². The fourth-order valence-electron chi connectivity index (χ4n) is 1.22. The third-order valence-electron chi connectivity index (χ3n) is 2.05. The van der Waals surface area contributed by atoms with Crippen LogP contribution >= 0.6 is 11.6 Å². The molecule has 0 bridgehead atoms. The minimum absolute atomic E-state index is 0.0813. The topological polar surface area (TPSA) is 72.2 Å². The lowest BCUT2D eigenvalue weighted by atomic mass is 10.2. The molecule has 1 aromatic carbocycles. The molecule has 0 saturated heterocycles. The number of halogens is 1. The average molecular weight is 264 g/mol. The first-order chi connectivity index (χ1) is 8.74. The summed E-state index contributed by atoms with van der Waals surface area (Å²) in [6.45, 7) is 0.0813. The van der Waals surface area contributed by atoms with Gasteiger partial charge in [0.2, 0.25) is 0 Å². The number of rotatable bonds is 4. The molecule has 18 heavy (non-hydrogen) atoms. The Balaban J connectivity index is 1.84. The maximum atomic E-state index is 11.4. The highest BCUT2D eigenvalue weighted by Gasteiger charge is 2.00. The number of amides is 1. The van der Waals surface area contributed by atoms with Gasteiger partial charge in [0.1, 0.15) is 19.2 Å². The van der Waals surface area contributed by atoms with E-state index in [4.69, 9.17) is 11.6 Å². The van der Waals surface area contributed by atoms with E-state index in [1.54, 1.807) is 24.3 Å². The summed E-state index contributed by atoms with van der Waals surface area (Å²) in [4.78, 5) is 15.2. The molecule has 1 N–H and O–H groups in total. The van der Waals surface area contributed by atoms with E-state index < -0.39 is 0 Å². The smallest absolute Gasteiger partial charge is 0.261 e. The Kier molecular flexibility index (Phi) is 4.03. The van der Waals surface area contributed by atoms with Crippen molar-refractivity contribution in [2.75, 3.05) is 0 Å². The number of carbonyl (C=O) groups excluding carboxylic acids is 1. The minimum Gasteiger partial charge on any atom is -0.271 e. The summed E-state index contributed by atoms with van der Waals surface area (Å²) in [5, 5.41) is 8.29. The van der Waals surface area contributed by atoms with Gasteiger partial charge in [0.15, 0.2) is 0 Å². The van der Waals surface area contributed by atoms with Crippen LogP contribution in [-0.4, -0.2) is 26.9 Å². The van der Waals surface area contributed by atoms with Crippen molar-refractivity contribution < 1.29 is 4.79 Å². The zero-order valence-corrected chi connectivity index (χ0v) is 10.1. The highest BCUT2D eigenvalue weighted by atomic mass is 35.5. The quantitative estimate of drug-likeness (QED) is 0.663. The molecule has 0 aliphatic rings. The zero-order chi connectivity index (χ0) is 12.8. The Bertz CT molecular complexity index is 535. The van der Waals surface area contributed by atoms with Crippen molar-refractivity contribution in [2.45, 2.75) is 6.54 Å². The van der Waals surface area contributed by atoms with Crippen molar-refractivity contribution in [3.63, 3.8) is 0 Å². The summed E-state index contributed by atoms with van der Waals surface area (Å²) in [5.41, 5.74) is 3.24. The summed E-state index contributed by atoms with van der Waals surface area (Å²) in [6.07, 6.45) is 4.36. The van der Waals surface area contributed by atoms with Crippen LogP contribution in [0.25, 0.3) is 0 Å². The predicted octanol–water partition coefficient (Wildman–Crippen LogP) is 1.08. The third-order valence-corrected chi connectivity index (χ3v) is 2.30. The van der Waals surface area contributed by atoms with E-state index in [1.807, 2.05) is 0 Å². The first-order valence-corrected chi connectivity index (χ1v) is 5.52. The standard InChI is InChI=1S/C11H10ClN5O/c12-10-3-1-9(2-4-10)5-14-16-11(18)6-17-8-13-7-15-17/h1-5,7-8H,6H2,(H,16,18). The van der Waals surface area contributed by atoms with Crippen molar-refractivity contribution in [3.05, 3.63) is 47.5 Å². The molecule has 2 aromatic rings. The predicted molar refractivity (Wildman–Crippen MR) is 67.2 cm³/mol. The number of hydrazone groups is 1. The highest BCUT2D eigenvalue weighted by molar-refractivity contribution is 6.30. The molecule has 6 nitrogen and oxygen atoms in total. The number of hydrogen-bond donors (Lipinski definition) is 1.